The number of fused-ring (bicyclic) bond motifs is 1. The molecule has 0 fully saturated rings. The molecule has 0 unspecified atom stereocenters. The Bertz CT molecular complexity index is 671. The first-order valence-electron chi connectivity index (χ1n) is 6.21. The molecule has 0 saturated heterocycles. The second kappa shape index (κ2) is 6.10. The molecule has 0 radical (unpaired) electrons. The summed E-state index contributed by atoms with van der Waals surface area (Å²) >= 11 is 0. The van der Waals surface area contributed by atoms with Crippen LogP contribution in [-0.4, -0.2) is 16.5 Å². The summed E-state index contributed by atoms with van der Waals surface area (Å²) in [7, 11) is 0. The highest BCUT2D eigenvalue weighted by Gasteiger charge is 2.19. The van der Waals surface area contributed by atoms with Gasteiger partial charge in [0, 0.05) is 12.7 Å². The van der Waals surface area contributed by atoms with Crippen LogP contribution in [0, 0.1) is 15.9 Å². The smallest absolute Gasteiger partial charge is 0.281 e. The van der Waals surface area contributed by atoms with Crippen molar-refractivity contribution in [1.82, 2.24) is 4.98 Å². The summed E-state index contributed by atoms with van der Waals surface area (Å²) in [5, 5.41) is 14.2. The standard InChI is InChI=1S/C14H14FN3O2/c1-2-3-4-7-17-14-11(15)9-12(18(19)20)10-6-5-8-16-13(10)14/h2-3,5-6,8-9,17H,4,7H2,1H3/b3-2+. The number of benzene rings is 1. The molecule has 0 saturated carbocycles. The van der Waals surface area contributed by atoms with E-state index in [2.05, 4.69) is 10.3 Å². The molecule has 1 heterocycles. The largest absolute Gasteiger partial charge is 0.381 e. The zero-order chi connectivity index (χ0) is 14.5. The Kier molecular flexibility index (Phi) is 4.24. The number of nitro benzene ring substituents is 1. The molecule has 1 aromatic carbocycles. The van der Waals surface area contributed by atoms with Crippen LogP contribution in [0.25, 0.3) is 10.9 Å². The van der Waals surface area contributed by atoms with Crippen LogP contribution in [0.2, 0.25) is 0 Å². The Morgan fingerprint density at radius 3 is 3.05 bits per heavy atom. The first-order valence-corrected chi connectivity index (χ1v) is 6.21. The lowest BCUT2D eigenvalue weighted by atomic mass is 10.1. The Labute approximate surface area is 115 Å². The maximum Gasteiger partial charge on any atom is 0.281 e. The maximum atomic E-state index is 14.0. The average molecular weight is 275 g/mol. The van der Waals surface area contributed by atoms with Crippen molar-refractivity contribution in [3.8, 4) is 0 Å². The van der Waals surface area contributed by atoms with Gasteiger partial charge in [-0.25, -0.2) is 4.39 Å². The minimum Gasteiger partial charge on any atom is -0.381 e. The van der Waals surface area contributed by atoms with Gasteiger partial charge in [-0.15, -0.1) is 0 Å². The van der Waals surface area contributed by atoms with Crippen LogP contribution in [0.3, 0.4) is 0 Å². The van der Waals surface area contributed by atoms with E-state index in [1.165, 1.54) is 6.20 Å². The van der Waals surface area contributed by atoms with Crippen molar-refractivity contribution in [3.63, 3.8) is 0 Å². The summed E-state index contributed by atoms with van der Waals surface area (Å²) in [6.07, 6.45) is 6.08. The van der Waals surface area contributed by atoms with E-state index in [1.54, 1.807) is 12.1 Å². The van der Waals surface area contributed by atoms with Gasteiger partial charge in [0.15, 0.2) is 5.82 Å². The fraction of sp³-hybridized carbons (Fsp3) is 0.214. The Morgan fingerprint density at radius 2 is 2.35 bits per heavy atom. The summed E-state index contributed by atoms with van der Waals surface area (Å²) in [4.78, 5) is 14.4. The number of nitrogens with zero attached hydrogens (tertiary/aromatic N) is 2. The number of anilines is 1. The van der Waals surface area contributed by atoms with Crippen molar-refractivity contribution >= 4 is 22.3 Å². The van der Waals surface area contributed by atoms with Crippen molar-refractivity contribution in [2.75, 3.05) is 11.9 Å². The van der Waals surface area contributed by atoms with Gasteiger partial charge in [-0.3, -0.25) is 15.1 Å². The number of halogens is 1. The SMILES string of the molecule is C/C=C/CCNc1c(F)cc([N+](=O)[O-])c2cccnc12. The van der Waals surface area contributed by atoms with E-state index >= 15 is 0 Å². The highest BCUT2D eigenvalue weighted by molar-refractivity contribution is 5.97. The first-order chi connectivity index (χ1) is 9.65. The third-order valence-corrected chi connectivity index (χ3v) is 2.87. The molecule has 2 aromatic rings. The second-order valence-corrected chi connectivity index (χ2v) is 4.19. The van der Waals surface area contributed by atoms with E-state index in [4.69, 9.17) is 0 Å². The van der Waals surface area contributed by atoms with Crippen molar-refractivity contribution in [2.24, 2.45) is 0 Å². The highest BCUT2D eigenvalue weighted by Crippen LogP contribution is 2.32. The van der Waals surface area contributed by atoms with Crippen molar-refractivity contribution in [3.05, 3.63) is 52.5 Å². The van der Waals surface area contributed by atoms with Crippen LogP contribution in [0.15, 0.2) is 36.5 Å². The minimum absolute atomic E-state index is 0.204. The fourth-order valence-electron chi connectivity index (χ4n) is 1.96. The number of hydrogen-bond donors (Lipinski definition) is 1. The van der Waals surface area contributed by atoms with E-state index < -0.39 is 10.7 Å². The van der Waals surface area contributed by atoms with Crippen molar-refractivity contribution < 1.29 is 9.31 Å². The molecule has 0 aliphatic carbocycles. The first kappa shape index (κ1) is 13.9. The second-order valence-electron chi connectivity index (χ2n) is 4.19. The fourth-order valence-corrected chi connectivity index (χ4v) is 1.96. The molecule has 20 heavy (non-hydrogen) atoms. The lowest BCUT2D eigenvalue weighted by molar-refractivity contribution is -0.383. The molecule has 5 nitrogen and oxygen atoms in total. The highest BCUT2D eigenvalue weighted by atomic mass is 19.1. The van der Waals surface area contributed by atoms with Gasteiger partial charge < -0.3 is 5.32 Å². The maximum absolute atomic E-state index is 14.0. The van der Waals surface area contributed by atoms with Crippen molar-refractivity contribution in [1.29, 1.82) is 0 Å². The molecule has 1 N–H and O–H groups in total. The molecule has 0 aliphatic heterocycles. The predicted octanol–water partition coefficient (Wildman–Crippen LogP) is 3.66. The molecule has 0 aliphatic rings. The van der Waals surface area contributed by atoms with Crippen LogP contribution in [0.1, 0.15) is 13.3 Å². The van der Waals surface area contributed by atoms with Crippen LogP contribution in [-0.2, 0) is 0 Å². The number of nitro groups is 1. The molecule has 0 atom stereocenters. The summed E-state index contributed by atoms with van der Waals surface area (Å²) in [6.45, 7) is 2.44. The van der Waals surface area contributed by atoms with Gasteiger partial charge in [-0.2, -0.15) is 0 Å². The third kappa shape index (κ3) is 2.74. The van der Waals surface area contributed by atoms with Crippen LogP contribution in [0.4, 0.5) is 15.8 Å². The molecular weight excluding hydrogens is 261 g/mol. The molecule has 104 valence electrons. The number of nitrogens with one attached hydrogen (secondary N) is 1. The van der Waals surface area contributed by atoms with Gasteiger partial charge in [-0.05, 0) is 25.5 Å². The lowest BCUT2D eigenvalue weighted by Crippen LogP contribution is -2.05. The molecule has 0 amide bonds. The van der Waals surface area contributed by atoms with Crippen LogP contribution < -0.4 is 5.32 Å². The number of non-ortho nitro benzene ring substituents is 1. The van der Waals surface area contributed by atoms with Gasteiger partial charge in [0.05, 0.1) is 22.1 Å². The van der Waals surface area contributed by atoms with E-state index in [0.717, 1.165) is 12.5 Å². The average Bonchev–Trinajstić information content (AvgIpc) is 2.44. The molecule has 0 spiro atoms. The van der Waals surface area contributed by atoms with Gasteiger partial charge in [0.1, 0.15) is 5.52 Å². The van der Waals surface area contributed by atoms with Gasteiger partial charge in [-0.1, -0.05) is 12.2 Å². The number of allylic oxidation sites excluding steroid dienone is 1. The number of aromatic nitrogens is 1. The molecule has 2 rings (SSSR count). The molecule has 1 aromatic heterocycles. The number of rotatable bonds is 5. The number of hydrogen-bond acceptors (Lipinski definition) is 4. The summed E-state index contributed by atoms with van der Waals surface area (Å²) < 4.78 is 14.0. The number of pyridine rings is 1. The summed E-state index contributed by atoms with van der Waals surface area (Å²) in [5.74, 6) is -0.664. The predicted molar refractivity (Wildman–Crippen MR) is 76.3 cm³/mol. The normalized spacial score (nSPS) is 11.1. The molecule has 0 bridgehead atoms. The molecular formula is C14H14FN3O2. The summed E-state index contributed by atoms with van der Waals surface area (Å²) in [5.41, 5.74) is 0.208. The van der Waals surface area contributed by atoms with Gasteiger partial charge in [0.25, 0.3) is 5.69 Å². The van der Waals surface area contributed by atoms with E-state index in [1.807, 2.05) is 19.1 Å². The van der Waals surface area contributed by atoms with Crippen LogP contribution in [0.5, 0.6) is 0 Å². The van der Waals surface area contributed by atoms with E-state index in [9.17, 15) is 14.5 Å². The zero-order valence-corrected chi connectivity index (χ0v) is 11.0. The van der Waals surface area contributed by atoms with E-state index in [0.29, 0.717) is 11.9 Å². The minimum atomic E-state index is -0.664. The lowest BCUT2D eigenvalue weighted by Gasteiger charge is -2.09. The summed E-state index contributed by atoms with van der Waals surface area (Å²) in [6, 6.07) is 4.09. The topological polar surface area (TPSA) is 68.1 Å². The quantitative estimate of drug-likeness (QED) is 0.391. The van der Waals surface area contributed by atoms with Gasteiger partial charge in [0.2, 0.25) is 0 Å². The molecule has 6 heteroatoms. The Morgan fingerprint density at radius 1 is 1.55 bits per heavy atom. The zero-order valence-electron chi connectivity index (χ0n) is 11.0. The Hall–Kier alpha value is -2.50. The van der Waals surface area contributed by atoms with Crippen molar-refractivity contribution in [2.45, 2.75) is 13.3 Å². The Balaban J connectivity index is 2.47. The monoisotopic (exact) mass is 275 g/mol. The van der Waals surface area contributed by atoms with Gasteiger partial charge >= 0.3 is 0 Å². The third-order valence-electron chi connectivity index (χ3n) is 2.87. The van der Waals surface area contributed by atoms with E-state index in [-0.39, 0.29) is 16.9 Å². The van der Waals surface area contributed by atoms with Crippen LogP contribution >= 0.6 is 0 Å².